The van der Waals surface area contributed by atoms with Gasteiger partial charge in [0.05, 0.1) is 31.0 Å². The molecule has 2 saturated carbocycles. The highest BCUT2D eigenvalue weighted by Crippen LogP contribution is 2.63. The number of benzene rings is 1. The number of hydrogen-bond donors (Lipinski definition) is 1. The Bertz CT molecular complexity index is 1590. The van der Waals surface area contributed by atoms with E-state index in [1.807, 2.05) is 13.8 Å². The third kappa shape index (κ3) is 7.12. The quantitative estimate of drug-likeness (QED) is 0.146. The largest absolute Gasteiger partial charge is 0.387 e. The molecule has 10 fully saturated rings. The van der Waals surface area contributed by atoms with Crippen molar-refractivity contribution in [3.8, 4) is 11.8 Å². The first-order chi connectivity index (χ1) is 27.3. The third-order valence-corrected chi connectivity index (χ3v) is 15.8. The number of halogens is 1. The molecule has 2 aliphatic carbocycles. The topological polar surface area (TPSA) is 113 Å². The molecular weight excluding hydrogens is 735 g/mol. The molecule has 57 heavy (non-hydrogen) atoms. The molecule has 8 heterocycles. The van der Waals surface area contributed by atoms with E-state index in [1.165, 1.54) is 12.1 Å². The van der Waals surface area contributed by atoms with Crippen molar-refractivity contribution in [1.29, 1.82) is 0 Å². The van der Waals surface area contributed by atoms with Gasteiger partial charge in [-0.15, -0.1) is 0 Å². The van der Waals surface area contributed by atoms with Gasteiger partial charge in [-0.1, -0.05) is 51.7 Å². The van der Waals surface area contributed by atoms with Crippen LogP contribution in [0.4, 0.5) is 4.39 Å². The summed E-state index contributed by atoms with van der Waals surface area (Å²) in [5.41, 5.74) is -1.85. The normalized spacial score (nSPS) is 48.1. The minimum absolute atomic E-state index is 0.0356. The summed E-state index contributed by atoms with van der Waals surface area (Å²) < 4.78 is 52.5. The molecule has 1 aromatic rings. The Balaban J connectivity index is 0.942. The molecule has 8 saturated heterocycles. The summed E-state index contributed by atoms with van der Waals surface area (Å²) in [5.74, 6) is 5.78. The number of hydrogen-bond acceptors (Lipinski definition) is 11. The van der Waals surface area contributed by atoms with Gasteiger partial charge in [-0.3, -0.25) is 0 Å². The van der Waals surface area contributed by atoms with Crippen LogP contribution < -0.4 is 0 Å². The highest BCUT2D eigenvalue weighted by atomic mass is 19.1. The van der Waals surface area contributed by atoms with Crippen molar-refractivity contribution in [2.75, 3.05) is 19.8 Å². The lowest BCUT2D eigenvalue weighted by Crippen LogP contribution is -2.71. The first-order valence-electron chi connectivity index (χ1n) is 21.7. The summed E-state index contributed by atoms with van der Waals surface area (Å²) in [6.07, 6.45) is 6.27. The van der Waals surface area contributed by atoms with Gasteiger partial charge in [-0.2, -0.15) is 0 Å². The van der Waals surface area contributed by atoms with Gasteiger partial charge < -0.3 is 33.5 Å². The Kier molecular flexibility index (Phi) is 10.9. The molecule has 12 heteroatoms. The first-order valence-corrected chi connectivity index (χ1v) is 21.7. The molecule has 10 aliphatic rings. The molecule has 0 radical (unpaired) electrons. The maximum absolute atomic E-state index is 13.3. The zero-order chi connectivity index (χ0) is 39.8. The van der Waals surface area contributed by atoms with Crippen LogP contribution in [0.5, 0.6) is 0 Å². The molecular formula is C45H63FO11. The number of aliphatic hydroxyl groups is 1. The van der Waals surface area contributed by atoms with Crippen molar-refractivity contribution in [2.24, 2.45) is 47.3 Å². The molecule has 0 unspecified atom stereocenters. The smallest absolute Gasteiger partial charge is 0.201 e. The van der Waals surface area contributed by atoms with E-state index in [2.05, 4.69) is 39.5 Å². The SMILES string of the molecule is C[C@H]1[C@@H](CC(O)(COCC#CCOCc2ccc(F)cc2)C[C@H]2O[C@@H]3O[C@]4(C)CC[C@H]5[C@H](C)CC[C@@H]([C@H]2C)[C@@]35OO4)O[C@@H]2O[C@]3(C)CC[C@H]4[C@H](C)CC[C@@H]1[C@@]24OO3. The van der Waals surface area contributed by atoms with Gasteiger partial charge in [0, 0.05) is 37.5 Å². The van der Waals surface area contributed by atoms with E-state index in [-0.39, 0.29) is 73.4 Å². The molecule has 0 aromatic heterocycles. The van der Waals surface area contributed by atoms with Gasteiger partial charge in [0.2, 0.25) is 11.6 Å². The molecule has 11 rings (SSSR count). The van der Waals surface area contributed by atoms with Gasteiger partial charge >= 0.3 is 0 Å². The molecule has 316 valence electrons. The van der Waals surface area contributed by atoms with Crippen LogP contribution in [0.3, 0.4) is 0 Å². The monoisotopic (exact) mass is 798 g/mol. The van der Waals surface area contributed by atoms with E-state index in [4.69, 9.17) is 48.0 Å². The predicted octanol–water partition coefficient (Wildman–Crippen LogP) is 7.37. The van der Waals surface area contributed by atoms with Crippen LogP contribution in [-0.2, 0) is 54.6 Å². The van der Waals surface area contributed by atoms with E-state index in [1.54, 1.807) is 12.1 Å². The van der Waals surface area contributed by atoms with E-state index < -0.39 is 41.0 Å². The van der Waals surface area contributed by atoms with Crippen molar-refractivity contribution < 1.29 is 57.5 Å². The molecule has 1 N–H and O–H groups in total. The lowest BCUT2D eigenvalue weighted by atomic mass is 9.56. The maximum atomic E-state index is 13.3. The highest BCUT2D eigenvalue weighted by molar-refractivity contribution is 5.16. The Morgan fingerprint density at radius 2 is 1.18 bits per heavy atom. The van der Waals surface area contributed by atoms with Crippen molar-refractivity contribution in [2.45, 2.75) is 166 Å². The Hall–Kier alpha value is -1.73. The summed E-state index contributed by atoms with van der Waals surface area (Å²) in [6.45, 7) is 13.7. The number of rotatable bonds is 10. The second-order valence-electron chi connectivity index (χ2n) is 19.5. The third-order valence-electron chi connectivity index (χ3n) is 15.8. The minimum atomic E-state index is -1.34. The Morgan fingerprint density at radius 1 is 0.684 bits per heavy atom. The van der Waals surface area contributed by atoms with Crippen LogP contribution in [0.15, 0.2) is 24.3 Å². The lowest BCUT2D eigenvalue weighted by molar-refractivity contribution is -0.572. The van der Waals surface area contributed by atoms with E-state index in [0.717, 1.165) is 56.9 Å². The van der Waals surface area contributed by atoms with Crippen LogP contribution in [0.2, 0.25) is 0 Å². The first kappa shape index (κ1) is 40.7. The minimum Gasteiger partial charge on any atom is -0.387 e. The van der Waals surface area contributed by atoms with Crippen LogP contribution in [-0.4, -0.2) is 78.1 Å². The van der Waals surface area contributed by atoms with Crippen LogP contribution >= 0.6 is 0 Å². The summed E-state index contributed by atoms with van der Waals surface area (Å²) in [4.78, 5) is 25.0. The van der Waals surface area contributed by atoms with Crippen LogP contribution in [0.1, 0.15) is 111 Å². The van der Waals surface area contributed by atoms with Gasteiger partial charge in [0.15, 0.2) is 23.8 Å². The second kappa shape index (κ2) is 15.3. The average molecular weight is 799 g/mol. The van der Waals surface area contributed by atoms with Crippen molar-refractivity contribution in [1.82, 2.24) is 0 Å². The fourth-order valence-corrected chi connectivity index (χ4v) is 12.6. The highest BCUT2D eigenvalue weighted by Gasteiger charge is 2.71. The fraction of sp³-hybridized carbons (Fsp3) is 0.822. The van der Waals surface area contributed by atoms with E-state index >= 15 is 0 Å². The molecule has 8 aliphatic heterocycles. The second-order valence-corrected chi connectivity index (χ2v) is 19.5. The summed E-state index contributed by atoms with van der Waals surface area (Å²) >= 11 is 0. The molecule has 16 atom stereocenters. The van der Waals surface area contributed by atoms with Crippen LogP contribution in [0, 0.1) is 65.0 Å². The predicted molar refractivity (Wildman–Crippen MR) is 202 cm³/mol. The molecule has 1 aromatic carbocycles. The lowest BCUT2D eigenvalue weighted by Gasteiger charge is -2.61. The van der Waals surface area contributed by atoms with Crippen LogP contribution in [0.25, 0.3) is 0 Å². The number of fused-ring (bicyclic) bond motifs is 4. The van der Waals surface area contributed by atoms with E-state index in [9.17, 15) is 9.50 Å². The summed E-state index contributed by atoms with van der Waals surface area (Å²) in [6, 6.07) is 6.22. The molecule has 4 bridgehead atoms. The van der Waals surface area contributed by atoms with Gasteiger partial charge in [-0.05, 0) is 106 Å². The maximum Gasteiger partial charge on any atom is 0.201 e. The molecule has 0 amide bonds. The van der Waals surface area contributed by atoms with Gasteiger partial charge in [-0.25, -0.2) is 23.9 Å². The molecule has 11 nitrogen and oxygen atoms in total. The van der Waals surface area contributed by atoms with Gasteiger partial charge in [0.25, 0.3) is 0 Å². The summed E-state index contributed by atoms with van der Waals surface area (Å²) in [7, 11) is 0. The van der Waals surface area contributed by atoms with Gasteiger partial charge in [0.1, 0.15) is 19.0 Å². The standard InChI is InChI=1S/C45H63FO11/c1-27-9-15-35-29(3)37(50-39-44(35)33(27)17-19-41(5,52-39)54-56-44)23-43(47,26-49-22-8-7-21-48-25-31-11-13-32(46)14-12-31)24-38-30(4)36-16-10-28(2)34-18-20-42(6)53-40(51-38)45(34,36)57-55-42/h11-14,27-30,33-40,47H,9-10,15-26H2,1-6H3/t27-,28-,29-,30-,33+,34+,35+,36+,37-,38-,39-,40-,41+,42+,44-,45-/m1/s1. The number of ether oxygens (including phenoxy) is 6. The average Bonchev–Trinajstić information content (AvgIpc) is 3.55. The summed E-state index contributed by atoms with van der Waals surface area (Å²) in [5, 5.41) is 13.0. The van der Waals surface area contributed by atoms with E-state index in [0.29, 0.717) is 31.3 Å². The Morgan fingerprint density at radius 3 is 1.68 bits per heavy atom. The Labute approximate surface area is 337 Å². The molecule has 2 spiro atoms. The van der Waals surface area contributed by atoms with Crippen molar-refractivity contribution in [3.05, 3.63) is 35.6 Å². The fourth-order valence-electron chi connectivity index (χ4n) is 12.6. The van der Waals surface area contributed by atoms with Crippen molar-refractivity contribution >= 4 is 0 Å². The van der Waals surface area contributed by atoms with Crippen molar-refractivity contribution in [3.63, 3.8) is 0 Å². The zero-order valence-corrected chi connectivity index (χ0v) is 34.5. The zero-order valence-electron chi connectivity index (χ0n) is 34.5.